The summed E-state index contributed by atoms with van der Waals surface area (Å²) in [5.41, 5.74) is 0.536. The molecule has 2 amide bonds. The van der Waals surface area contributed by atoms with E-state index in [0.717, 1.165) is 4.90 Å². The second-order valence-electron chi connectivity index (χ2n) is 4.64. The number of rotatable bonds is 2. The Labute approximate surface area is 131 Å². The van der Waals surface area contributed by atoms with Crippen LogP contribution in [0.25, 0.3) is 0 Å². The predicted octanol–water partition coefficient (Wildman–Crippen LogP) is 2.72. The van der Waals surface area contributed by atoms with Crippen molar-refractivity contribution in [3.8, 4) is 5.75 Å². The monoisotopic (exact) mass is 315 g/mol. The van der Waals surface area contributed by atoms with Crippen LogP contribution in [0.4, 0.5) is 5.69 Å². The zero-order valence-electron chi connectivity index (χ0n) is 11.5. The Morgan fingerprint density at radius 1 is 1.09 bits per heavy atom. The number of Topliss-reactive ketones (excluding diaryl/α,β-unsaturated/α-hetero) is 1. The Morgan fingerprint density at radius 3 is 2.41 bits per heavy atom. The molecule has 3 rings (SSSR count). The molecule has 1 aliphatic rings. The number of ether oxygens (including phenoxy) is 1. The molecule has 22 heavy (non-hydrogen) atoms. The van der Waals surface area contributed by atoms with E-state index in [0.29, 0.717) is 5.75 Å². The van der Waals surface area contributed by atoms with Crippen molar-refractivity contribution in [1.29, 1.82) is 0 Å². The number of benzene rings is 2. The largest absolute Gasteiger partial charge is 0.497 e. The molecule has 1 aliphatic heterocycles. The number of nitrogens with zero attached hydrogens (tertiary/aromatic N) is 1. The highest BCUT2D eigenvalue weighted by molar-refractivity contribution is 6.58. The maximum Gasteiger partial charge on any atom is 0.306 e. The van der Waals surface area contributed by atoms with Gasteiger partial charge in [-0.15, -0.1) is 0 Å². The topological polar surface area (TPSA) is 63.7 Å². The summed E-state index contributed by atoms with van der Waals surface area (Å²) in [6.07, 6.45) is 0. The molecule has 0 saturated carbocycles. The first-order chi connectivity index (χ1) is 10.5. The van der Waals surface area contributed by atoms with Crippen molar-refractivity contribution >= 4 is 34.9 Å². The summed E-state index contributed by atoms with van der Waals surface area (Å²) < 4.78 is 5.02. The van der Waals surface area contributed by atoms with Crippen molar-refractivity contribution in [2.24, 2.45) is 0 Å². The van der Waals surface area contributed by atoms with E-state index in [2.05, 4.69) is 0 Å². The lowest BCUT2D eigenvalue weighted by atomic mass is 10.1. The molecule has 2 aromatic rings. The van der Waals surface area contributed by atoms with Gasteiger partial charge in [0.15, 0.2) is 0 Å². The fourth-order valence-corrected chi connectivity index (χ4v) is 2.56. The second-order valence-corrected chi connectivity index (χ2v) is 5.05. The van der Waals surface area contributed by atoms with E-state index < -0.39 is 17.6 Å². The Bertz CT molecular complexity index is 798. The van der Waals surface area contributed by atoms with E-state index in [1.54, 1.807) is 18.2 Å². The predicted molar refractivity (Wildman–Crippen MR) is 80.6 cm³/mol. The van der Waals surface area contributed by atoms with Crippen molar-refractivity contribution in [3.63, 3.8) is 0 Å². The Morgan fingerprint density at radius 2 is 1.77 bits per heavy atom. The summed E-state index contributed by atoms with van der Waals surface area (Å²) in [5.74, 6) is -1.66. The summed E-state index contributed by atoms with van der Waals surface area (Å²) in [6.45, 7) is 0. The lowest BCUT2D eigenvalue weighted by Crippen LogP contribution is -2.36. The fraction of sp³-hybridized carbons (Fsp3) is 0.0625. The summed E-state index contributed by atoms with van der Waals surface area (Å²) in [4.78, 5) is 37.5. The van der Waals surface area contributed by atoms with Crippen LogP contribution in [0.3, 0.4) is 0 Å². The minimum absolute atomic E-state index is 0.138. The van der Waals surface area contributed by atoms with Gasteiger partial charge in [-0.2, -0.15) is 0 Å². The molecular weight excluding hydrogens is 306 g/mol. The van der Waals surface area contributed by atoms with E-state index in [-0.39, 0.29) is 21.8 Å². The highest BCUT2D eigenvalue weighted by atomic mass is 35.5. The third-order valence-electron chi connectivity index (χ3n) is 3.39. The summed E-state index contributed by atoms with van der Waals surface area (Å²) in [6, 6.07) is 10.8. The molecule has 0 unspecified atom stereocenters. The molecular formula is C16H10ClNO4. The molecule has 0 atom stereocenters. The molecule has 0 aliphatic carbocycles. The van der Waals surface area contributed by atoms with Gasteiger partial charge < -0.3 is 4.74 Å². The van der Waals surface area contributed by atoms with Crippen LogP contribution in [-0.4, -0.2) is 24.7 Å². The molecule has 0 aromatic heterocycles. The molecule has 0 radical (unpaired) electrons. The Kier molecular flexibility index (Phi) is 3.42. The van der Waals surface area contributed by atoms with Crippen LogP contribution < -0.4 is 9.64 Å². The van der Waals surface area contributed by atoms with Gasteiger partial charge in [0.05, 0.1) is 23.4 Å². The van der Waals surface area contributed by atoms with E-state index in [1.165, 1.54) is 31.4 Å². The first kappa shape index (κ1) is 14.3. The van der Waals surface area contributed by atoms with Gasteiger partial charge in [0.1, 0.15) is 5.75 Å². The third kappa shape index (κ3) is 2.07. The SMILES string of the molecule is COc1ccc(C(=O)N2C(=O)C(=O)c3cccc(Cl)c32)cc1. The average Bonchev–Trinajstić information content (AvgIpc) is 2.80. The van der Waals surface area contributed by atoms with Crippen LogP contribution in [0.15, 0.2) is 42.5 Å². The Balaban J connectivity index is 2.06. The van der Waals surface area contributed by atoms with Crippen LogP contribution in [0.2, 0.25) is 5.02 Å². The number of anilines is 1. The van der Waals surface area contributed by atoms with Crippen LogP contribution in [0.1, 0.15) is 20.7 Å². The van der Waals surface area contributed by atoms with E-state index in [1.807, 2.05) is 0 Å². The molecule has 5 nitrogen and oxygen atoms in total. The third-order valence-corrected chi connectivity index (χ3v) is 3.70. The lowest BCUT2D eigenvalue weighted by molar-refractivity contribution is -0.113. The van der Waals surface area contributed by atoms with Crippen molar-refractivity contribution in [2.45, 2.75) is 0 Å². The zero-order chi connectivity index (χ0) is 15.9. The van der Waals surface area contributed by atoms with E-state index >= 15 is 0 Å². The number of carbonyl (C=O) groups is 3. The van der Waals surface area contributed by atoms with Crippen molar-refractivity contribution in [2.75, 3.05) is 12.0 Å². The minimum atomic E-state index is -0.899. The van der Waals surface area contributed by atoms with Gasteiger partial charge in [0, 0.05) is 5.56 Å². The second kappa shape index (κ2) is 5.27. The number of amides is 2. The van der Waals surface area contributed by atoms with E-state index in [4.69, 9.17) is 16.3 Å². The molecule has 6 heteroatoms. The number of fused-ring (bicyclic) bond motifs is 1. The van der Waals surface area contributed by atoms with Crippen LogP contribution in [0.5, 0.6) is 5.75 Å². The van der Waals surface area contributed by atoms with Crippen molar-refractivity contribution in [1.82, 2.24) is 0 Å². The minimum Gasteiger partial charge on any atom is -0.497 e. The molecule has 0 saturated heterocycles. The molecule has 0 spiro atoms. The summed E-state index contributed by atoms with van der Waals surface area (Å²) >= 11 is 6.06. The first-order valence-corrected chi connectivity index (χ1v) is 6.78. The zero-order valence-corrected chi connectivity index (χ0v) is 12.3. The molecule has 110 valence electrons. The van der Waals surface area contributed by atoms with Crippen molar-refractivity contribution < 1.29 is 19.1 Å². The maximum absolute atomic E-state index is 12.6. The number of hydrogen-bond acceptors (Lipinski definition) is 4. The number of imide groups is 1. The quantitative estimate of drug-likeness (QED) is 0.631. The maximum atomic E-state index is 12.6. The van der Waals surface area contributed by atoms with Crippen LogP contribution >= 0.6 is 11.6 Å². The number of ketones is 1. The van der Waals surface area contributed by atoms with Gasteiger partial charge in [0.2, 0.25) is 0 Å². The number of halogens is 1. The molecule has 0 fully saturated rings. The Hall–Kier alpha value is -2.66. The lowest BCUT2D eigenvalue weighted by Gasteiger charge is -2.15. The highest BCUT2D eigenvalue weighted by Crippen LogP contribution is 2.36. The van der Waals surface area contributed by atoms with E-state index in [9.17, 15) is 14.4 Å². The standard InChI is InChI=1S/C16H10ClNO4/c1-22-10-7-5-9(6-8-10)15(20)18-13-11(14(19)16(18)21)3-2-4-12(13)17/h2-8H,1H3. The molecule has 2 aromatic carbocycles. The number of hydrogen-bond donors (Lipinski definition) is 0. The smallest absolute Gasteiger partial charge is 0.306 e. The number of para-hydroxylation sites is 1. The van der Waals surface area contributed by atoms with Crippen LogP contribution in [0, 0.1) is 0 Å². The van der Waals surface area contributed by atoms with Gasteiger partial charge in [-0.25, -0.2) is 4.90 Å². The molecule has 0 bridgehead atoms. The fourth-order valence-electron chi connectivity index (χ4n) is 2.30. The van der Waals surface area contributed by atoms with Crippen LogP contribution in [-0.2, 0) is 4.79 Å². The summed E-state index contributed by atoms with van der Waals surface area (Å²) in [7, 11) is 1.51. The van der Waals surface area contributed by atoms with Crippen molar-refractivity contribution in [3.05, 3.63) is 58.6 Å². The first-order valence-electron chi connectivity index (χ1n) is 6.40. The van der Waals surface area contributed by atoms with Gasteiger partial charge >= 0.3 is 5.91 Å². The van der Waals surface area contributed by atoms with Gasteiger partial charge in [0.25, 0.3) is 11.7 Å². The average molecular weight is 316 g/mol. The number of carbonyl (C=O) groups excluding carboxylic acids is 3. The van der Waals surface area contributed by atoms with Gasteiger partial charge in [-0.3, -0.25) is 14.4 Å². The highest BCUT2D eigenvalue weighted by Gasteiger charge is 2.41. The van der Waals surface area contributed by atoms with Gasteiger partial charge in [-0.1, -0.05) is 17.7 Å². The summed E-state index contributed by atoms with van der Waals surface area (Å²) in [5, 5.41) is 0.179. The molecule has 0 N–H and O–H groups in total. The normalized spacial score (nSPS) is 13.3. The van der Waals surface area contributed by atoms with Gasteiger partial charge in [-0.05, 0) is 36.4 Å². The number of methoxy groups -OCH3 is 1. The molecule has 1 heterocycles.